The van der Waals surface area contributed by atoms with Crippen LogP contribution < -0.4 is 5.32 Å². The fraction of sp³-hybridized carbons (Fsp3) is 0.789. The van der Waals surface area contributed by atoms with E-state index in [0.717, 1.165) is 32.2 Å². The standard InChI is InChI=1S/C19H30N2O4/c1-24-10-11-25-13-17(22)20-14-19-8-3-2-4-16(19)21(12-15-5-6-15)18(23)7-9-19/h4,15H,2-3,5-14H2,1H3,(H,20,22). The van der Waals surface area contributed by atoms with Gasteiger partial charge in [0.15, 0.2) is 0 Å². The molecule has 0 aromatic heterocycles. The number of rotatable bonds is 9. The van der Waals surface area contributed by atoms with Crippen molar-refractivity contribution in [1.29, 1.82) is 0 Å². The lowest BCUT2D eigenvalue weighted by molar-refractivity contribution is -0.134. The molecule has 0 aromatic carbocycles. The van der Waals surface area contributed by atoms with Crippen molar-refractivity contribution >= 4 is 11.8 Å². The van der Waals surface area contributed by atoms with Gasteiger partial charge in [-0.05, 0) is 44.4 Å². The van der Waals surface area contributed by atoms with Gasteiger partial charge in [0, 0.05) is 37.7 Å². The van der Waals surface area contributed by atoms with Crippen LogP contribution in [0.3, 0.4) is 0 Å². The summed E-state index contributed by atoms with van der Waals surface area (Å²) < 4.78 is 10.2. The summed E-state index contributed by atoms with van der Waals surface area (Å²) in [4.78, 5) is 26.6. The molecule has 0 spiro atoms. The average Bonchev–Trinajstić information content (AvgIpc) is 3.44. The van der Waals surface area contributed by atoms with Crippen LogP contribution in [0, 0.1) is 11.3 Å². The molecule has 1 unspecified atom stereocenters. The van der Waals surface area contributed by atoms with Crippen molar-refractivity contribution in [2.24, 2.45) is 11.3 Å². The van der Waals surface area contributed by atoms with E-state index in [1.807, 2.05) is 4.90 Å². The molecule has 6 heteroatoms. The van der Waals surface area contributed by atoms with E-state index in [0.29, 0.717) is 32.1 Å². The Hall–Kier alpha value is -1.40. The molecule has 1 heterocycles. The normalized spacial score (nSPS) is 26.2. The van der Waals surface area contributed by atoms with Crippen molar-refractivity contribution < 1.29 is 19.1 Å². The Morgan fingerprint density at radius 2 is 2.20 bits per heavy atom. The lowest BCUT2D eigenvalue weighted by Crippen LogP contribution is -2.51. The highest BCUT2D eigenvalue weighted by Crippen LogP contribution is 2.47. The molecule has 0 aromatic rings. The van der Waals surface area contributed by atoms with Crippen LogP contribution in [0.2, 0.25) is 0 Å². The quantitative estimate of drug-likeness (QED) is 0.645. The minimum Gasteiger partial charge on any atom is -0.382 e. The summed E-state index contributed by atoms with van der Waals surface area (Å²) in [6.45, 7) is 2.43. The van der Waals surface area contributed by atoms with Gasteiger partial charge < -0.3 is 19.7 Å². The number of methoxy groups -OCH3 is 1. The molecule has 1 saturated carbocycles. The molecule has 0 bridgehead atoms. The van der Waals surface area contributed by atoms with Crippen molar-refractivity contribution in [2.75, 3.05) is 40.0 Å². The average molecular weight is 350 g/mol. The third kappa shape index (κ3) is 4.61. The number of nitrogens with zero attached hydrogens (tertiary/aromatic N) is 1. The van der Waals surface area contributed by atoms with E-state index in [1.54, 1.807) is 7.11 Å². The maximum Gasteiger partial charge on any atom is 0.246 e. The van der Waals surface area contributed by atoms with Crippen LogP contribution in [0.5, 0.6) is 0 Å². The highest BCUT2D eigenvalue weighted by molar-refractivity contribution is 5.80. The monoisotopic (exact) mass is 350 g/mol. The molecule has 2 fully saturated rings. The van der Waals surface area contributed by atoms with Gasteiger partial charge >= 0.3 is 0 Å². The number of allylic oxidation sites excluding steroid dienone is 1. The zero-order chi connectivity index (χ0) is 17.7. The van der Waals surface area contributed by atoms with E-state index in [2.05, 4.69) is 11.4 Å². The van der Waals surface area contributed by atoms with Gasteiger partial charge in [-0.25, -0.2) is 0 Å². The van der Waals surface area contributed by atoms with Gasteiger partial charge in [-0.1, -0.05) is 6.08 Å². The van der Waals surface area contributed by atoms with E-state index >= 15 is 0 Å². The first kappa shape index (κ1) is 18.4. The second-order valence-electron chi connectivity index (χ2n) is 7.53. The Kier molecular flexibility index (Phi) is 6.12. The Bertz CT molecular complexity index is 530. The van der Waals surface area contributed by atoms with Crippen molar-refractivity contribution in [3.8, 4) is 0 Å². The predicted octanol–water partition coefficient (Wildman–Crippen LogP) is 1.85. The summed E-state index contributed by atoms with van der Waals surface area (Å²) in [5, 5.41) is 3.04. The summed E-state index contributed by atoms with van der Waals surface area (Å²) in [5.41, 5.74) is 1.09. The lowest BCUT2D eigenvalue weighted by atomic mass is 9.69. The van der Waals surface area contributed by atoms with Gasteiger partial charge in [0.05, 0.1) is 13.2 Å². The first-order valence-electron chi connectivity index (χ1n) is 9.49. The molecule has 2 amide bonds. The smallest absolute Gasteiger partial charge is 0.246 e. The van der Waals surface area contributed by atoms with Crippen LogP contribution >= 0.6 is 0 Å². The SMILES string of the molecule is COCCOCC(=O)NCC12CCCC=C1N(CC1CC1)C(=O)CC2. The Morgan fingerprint density at radius 3 is 2.96 bits per heavy atom. The molecule has 6 nitrogen and oxygen atoms in total. The number of hydrogen-bond donors (Lipinski definition) is 1. The molecule has 3 rings (SSSR count). The molecule has 0 radical (unpaired) electrons. The van der Waals surface area contributed by atoms with E-state index < -0.39 is 0 Å². The second-order valence-corrected chi connectivity index (χ2v) is 7.53. The van der Waals surface area contributed by atoms with Gasteiger partial charge in [0.1, 0.15) is 6.61 Å². The van der Waals surface area contributed by atoms with Gasteiger partial charge in [0.2, 0.25) is 11.8 Å². The van der Waals surface area contributed by atoms with E-state index in [1.165, 1.54) is 18.5 Å². The first-order chi connectivity index (χ1) is 12.1. The van der Waals surface area contributed by atoms with E-state index in [4.69, 9.17) is 9.47 Å². The largest absolute Gasteiger partial charge is 0.382 e. The molecule has 140 valence electrons. The van der Waals surface area contributed by atoms with Crippen LogP contribution in [0.25, 0.3) is 0 Å². The van der Waals surface area contributed by atoms with Gasteiger partial charge in [-0.15, -0.1) is 0 Å². The lowest BCUT2D eigenvalue weighted by Gasteiger charge is -2.47. The van der Waals surface area contributed by atoms with Gasteiger partial charge in [-0.2, -0.15) is 0 Å². The molecular formula is C19H30N2O4. The van der Waals surface area contributed by atoms with Crippen molar-refractivity contribution in [3.05, 3.63) is 11.8 Å². The number of fused-ring (bicyclic) bond motifs is 1. The Labute approximate surface area is 149 Å². The van der Waals surface area contributed by atoms with Gasteiger partial charge in [-0.3, -0.25) is 9.59 Å². The molecule has 1 saturated heterocycles. The summed E-state index contributed by atoms with van der Waals surface area (Å²) in [6, 6.07) is 0. The van der Waals surface area contributed by atoms with Gasteiger partial charge in [0.25, 0.3) is 0 Å². The number of carbonyl (C=O) groups excluding carboxylic acids is 2. The maximum absolute atomic E-state index is 12.5. The molecule has 1 N–H and O–H groups in total. The first-order valence-corrected chi connectivity index (χ1v) is 9.49. The number of hydrogen-bond acceptors (Lipinski definition) is 4. The Morgan fingerprint density at radius 1 is 1.36 bits per heavy atom. The molecule has 2 aliphatic carbocycles. The fourth-order valence-electron chi connectivity index (χ4n) is 3.94. The fourth-order valence-corrected chi connectivity index (χ4v) is 3.94. The van der Waals surface area contributed by atoms with E-state index in [9.17, 15) is 9.59 Å². The zero-order valence-electron chi connectivity index (χ0n) is 15.2. The number of nitrogens with one attached hydrogen (secondary N) is 1. The number of piperidine rings is 1. The number of carbonyl (C=O) groups is 2. The third-order valence-electron chi connectivity index (χ3n) is 5.58. The molecule has 1 aliphatic heterocycles. The molecular weight excluding hydrogens is 320 g/mol. The number of ether oxygens (including phenoxy) is 2. The predicted molar refractivity (Wildman–Crippen MR) is 93.7 cm³/mol. The minimum atomic E-state index is -0.0963. The van der Waals surface area contributed by atoms with Crippen molar-refractivity contribution in [2.45, 2.75) is 44.9 Å². The van der Waals surface area contributed by atoms with Crippen LogP contribution in [-0.4, -0.2) is 56.7 Å². The minimum absolute atomic E-state index is 0.0587. The number of likely N-dealkylation sites (tertiary alicyclic amines) is 1. The third-order valence-corrected chi connectivity index (χ3v) is 5.58. The van der Waals surface area contributed by atoms with Crippen LogP contribution in [0.1, 0.15) is 44.9 Å². The van der Waals surface area contributed by atoms with Crippen LogP contribution in [-0.2, 0) is 19.1 Å². The summed E-state index contributed by atoms with van der Waals surface area (Å²) in [7, 11) is 1.61. The topological polar surface area (TPSA) is 67.9 Å². The van der Waals surface area contributed by atoms with Crippen LogP contribution in [0.15, 0.2) is 11.8 Å². The molecule has 3 aliphatic rings. The zero-order valence-corrected chi connectivity index (χ0v) is 15.2. The Balaban J connectivity index is 1.59. The molecule has 1 atom stereocenters. The van der Waals surface area contributed by atoms with E-state index in [-0.39, 0.29) is 23.8 Å². The highest BCUT2D eigenvalue weighted by Gasteiger charge is 2.45. The summed E-state index contributed by atoms with van der Waals surface area (Å²) in [5.74, 6) is 0.831. The van der Waals surface area contributed by atoms with Crippen molar-refractivity contribution in [3.63, 3.8) is 0 Å². The van der Waals surface area contributed by atoms with Crippen molar-refractivity contribution in [1.82, 2.24) is 10.2 Å². The second kappa shape index (κ2) is 8.32. The van der Waals surface area contributed by atoms with Crippen LogP contribution in [0.4, 0.5) is 0 Å². The summed E-state index contributed by atoms with van der Waals surface area (Å²) >= 11 is 0. The number of amides is 2. The summed E-state index contributed by atoms with van der Waals surface area (Å²) in [6.07, 6.45) is 9.32. The molecule has 25 heavy (non-hydrogen) atoms. The highest BCUT2D eigenvalue weighted by atomic mass is 16.5. The maximum atomic E-state index is 12.5.